The van der Waals surface area contributed by atoms with Crippen LogP contribution in [-0.4, -0.2) is 35.9 Å². The normalized spacial score (nSPS) is 11.8. The number of fused-ring (bicyclic) bond motifs is 1. The van der Waals surface area contributed by atoms with Crippen LogP contribution in [0.5, 0.6) is 0 Å². The summed E-state index contributed by atoms with van der Waals surface area (Å²) < 4.78 is 0. The predicted octanol–water partition coefficient (Wildman–Crippen LogP) is 3.03. The molecule has 0 radical (unpaired) electrons. The van der Waals surface area contributed by atoms with Crippen molar-refractivity contribution in [1.82, 2.24) is 10.3 Å². The highest BCUT2D eigenvalue weighted by Gasteiger charge is 2.17. The first-order valence-electron chi connectivity index (χ1n) is 10.9. The highest BCUT2D eigenvalue weighted by molar-refractivity contribution is 5.97. The van der Waals surface area contributed by atoms with Gasteiger partial charge in [-0.3, -0.25) is 9.59 Å². The van der Waals surface area contributed by atoms with Gasteiger partial charge in [-0.15, -0.1) is 0 Å². The topological polar surface area (TPSA) is 126 Å². The maximum atomic E-state index is 12.8. The molecule has 7 heteroatoms. The van der Waals surface area contributed by atoms with Crippen molar-refractivity contribution >= 4 is 28.4 Å². The van der Waals surface area contributed by atoms with Crippen LogP contribution in [0.4, 0.5) is 5.69 Å². The second-order valence-corrected chi connectivity index (χ2v) is 7.87. The fraction of sp³-hybridized carbons (Fsp3) is 0.154. The second kappa shape index (κ2) is 10.1. The molecule has 168 valence electrons. The van der Waals surface area contributed by atoms with E-state index in [2.05, 4.69) is 15.6 Å². The van der Waals surface area contributed by atoms with Gasteiger partial charge in [0.05, 0.1) is 6.04 Å². The molecule has 0 aliphatic heterocycles. The fourth-order valence-electron chi connectivity index (χ4n) is 3.77. The van der Waals surface area contributed by atoms with E-state index in [1.54, 1.807) is 6.07 Å². The van der Waals surface area contributed by atoms with Gasteiger partial charge in [0.1, 0.15) is 0 Å². The number of nitrogens with one attached hydrogen (secondary N) is 3. The average Bonchev–Trinajstić information content (AvgIpc) is 3.25. The quantitative estimate of drug-likeness (QED) is 0.288. The Kier molecular flexibility index (Phi) is 6.83. The van der Waals surface area contributed by atoms with Crippen molar-refractivity contribution in [2.75, 3.05) is 18.4 Å². The summed E-state index contributed by atoms with van der Waals surface area (Å²) in [6.07, 6.45) is 2.32. The molecule has 1 atom stereocenters. The molecule has 7 nitrogen and oxygen atoms in total. The number of amides is 2. The molecule has 4 aromatic rings. The highest BCUT2D eigenvalue weighted by Crippen LogP contribution is 2.24. The SMILES string of the molecule is NCCNC(=O)c1cccc(-c2cccc(NC(=O)[C@@H](N)Cc3c[nH]c4ccccc34)c2)c1. The minimum Gasteiger partial charge on any atom is -0.361 e. The van der Waals surface area contributed by atoms with E-state index in [4.69, 9.17) is 11.5 Å². The van der Waals surface area contributed by atoms with Gasteiger partial charge in [0.15, 0.2) is 0 Å². The summed E-state index contributed by atoms with van der Waals surface area (Å²) in [7, 11) is 0. The van der Waals surface area contributed by atoms with Crippen molar-refractivity contribution in [3.8, 4) is 11.1 Å². The molecule has 0 bridgehead atoms. The van der Waals surface area contributed by atoms with E-state index >= 15 is 0 Å². The van der Waals surface area contributed by atoms with Crippen LogP contribution in [0.3, 0.4) is 0 Å². The van der Waals surface area contributed by atoms with Gasteiger partial charge in [0.2, 0.25) is 5.91 Å². The van der Waals surface area contributed by atoms with E-state index in [0.29, 0.717) is 30.8 Å². The zero-order valence-corrected chi connectivity index (χ0v) is 18.2. The zero-order valence-electron chi connectivity index (χ0n) is 18.2. The molecule has 1 aromatic heterocycles. The maximum absolute atomic E-state index is 12.8. The molecule has 3 aromatic carbocycles. The van der Waals surface area contributed by atoms with Crippen molar-refractivity contribution in [1.29, 1.82) is 0 Å². The third kappa shape index (κ3) is 5.28. The van der Waals surface area contributed by atoms with Crippen molar-refractivity contribution in [3.63, 3.8) is 0 Å². The lowest BCUT2D eigenvalue weighted by atomic mass is 10.0. The molecule has 0 unspecified atom stereocenters. The number of aromatic nitrogens is 1. The Morgan fingerprint density at radius 3 is 2.52 bits per heavy atom. The lowest BCUT2D eigenvalue weighted by Gasteiger charge is -2.13. The molecule has 0 fully saturated rings. The summed E-state index contributed by atoms with van der Waals surface area (Å²) >= 11 is 0. The van der Waals surface area contributed by atoms with Crippen LogP contribution in [0, 0.1) is 0 Å². The van der Waals surface area contributed by atoms with Crippen LogP contribution in [0.25, 0.3) is 22.0 Å². The molecule has 4 rings (SSSR count). The van der Waals surface area contributed by atoms with E-state index < -0.39 is 6.04 Å². The fourth-order valence-corrected chi connectivity index (χ4v) is 3.77. The maximum Gasteiger partial charge on any atom is 0.251 e. The summed E-state index contributed by atoms with van der Waals surface area (Å²) in [4.78, 5) is 28.2. The Balaban J connectivity index is 1.45. The first-order chi connectivity index (χ1) is 16.0. The van der Waals surface area contributed by atoms with Crippen LogP contribution >= 0.6 is 0 Å². The van der Waals surface area contributed by atoms with E-state index in [0.717, 1.165) is 27.6 Å². The summed E-state index contributed by atoms with van der Waals surface area (Å²) in [5.41, 5.74) is 16.6. The highest BCUT2D eigenvalue weighted by atomic mass is 16.2. The Labute approximate surface area is 192 Å². The van der Waals surface area contributed by atoms with Crippen molar-refractivity contribution < 1.29 is 9.59 Å². The number of hydrogen-bond acceptors (Lipinski definition) is 4. The number of aromatic amines is 1. The van der Waals surface area contributed by atoms with Crippen molar-refractivity contribution in [2.45, 2.75) is 12.5 Å². The van der Waals surface area contributed by atoms with Gasteiger partial charge in [-0.2, -0.15) is 0 Å². The molecule has 7 N–H and O–H groups in total. The zero-order chi connectivity index (χ0) is 23.2. The summed E-state index contributed by atoms with van der Waals surface area (Å²) in [6, 6.07) is 22.0. The lowest BCUT2D eigenvalue weighted by Crippen LogP contribution is -2.37. The Bertz CT molecular complexity index is 1280. The van der Waals surface area contributed by atoms with Crippen LogP contribution in [-0.2, 0) is 11.2 Å². The van der Waals surface area contributed by atoms with Crippen LogP contribution < -0.4 is 22.1 Å². The average molecular weight is 442 g/mol. The molecule has 2 amide bonds. The van der Waals surface area contributed by atoms with Crippen LogP contribution in [0.1, 0.15) is 15.9 Å². The monoisotopic (exact) mass is 441 g/mol. The number of anilines is 1. The van der Waals surface area contributed by atoms with E-state index in [9.17, 15) is 9.59 Å². The Morgan fingerprint density at radius 1 is 0.939 bits per heavy atom. The Morgan fingerprint density at radius 2 is 1.70 bits per heavy atom. The van der Waals surface area contributed by atoms with Gasteiger partial charge in [-0.1, -0.05) is 42.5 Å². The molecule has 0 saturated heterocycles. The van der Waals surface area contributed by atoms with Crippen LogP contribution in [0.15, 0.2) is 79.0 Å². The summed E-state index contributed by atoms with van der Waals surface area (Å²) in [6.45, 7) is 0.805. The van der Waals surface area contributed by atoms with Gasteiger partial charge in [0.25, 0.3) is 5.91 Å². The number of hydrogen-bond donors (Lipinski definition) is 5. The third-order valence-electron chi connectivity index (χ3n) is 5.47. The molecule has 0 spiro atoms. The van der Waals surface area contributed by atoms with E-state index in [1.807, 2.05) is 72.9 Å². The number of carbonyl (C=O) groups excluding carboxylic acids is 2. The summed E-state index contributed by atoms with van der Waals surface area (Å²) in [5, 5.41) is 6.75. The number of nitrogens with two attached hydrogens (primary N) is 2. The first-order valence-corrected chi connectivity index (χ1v) is 10.9. The first kappa shape index (κ1) is 22.3. The number of benzene rings is 3. The largest absolute Gasteiger partial charge is 0.361 e. The molecular formula is C26H27N5O2. The van der Waals surface area contributed by atoms with Gasteiger partial charge in [0, 0.05) is 41.4 Å². The molecule has 0 aliphatic rings. The predicted molar refractivity (Wildman–Crippen MR) is 132 cm³/mol. The van der Waals surface area contributed by atoms with E-state index in [1.165, 1.54) is 0 Å². The molecule has 0 aliphatic carbocycles. The van der Waals surface area contributed by atoms with Gasteiger partial charge in [-0.05, 0) is 53.4 Å². The molecule has 0 saturated carbocycles. The smallest absolute Gasteiger partial charge is 0.251 e. The third-order valence-corrected chi connectivity index (χ3v) is 5.47. The number of carbonyl (C=O) groups is 2. The molecule has 1 heterocycles. The van der Waals surface area contributed by atoms with Crippen molar-refractivity contribution in [3.05, 3.63) is 90.1 Å². The number of para-hydroxylation sites is 1. The second-order valence-electron chi connectivity index (χ2n) is 7.87. The number of H-pyrrole nitrogens is 1. The van der Waals surface area contributed by atoms with E-state index in [-0.39, 0.29) is 11.8 Å². The number of rotatable bonds is 8. The van der Waals surface area contributed by atoms with Gasteiger partial charge in [-0.25, -0.2) is 0 Å². The van der Waals surface area contributed by atoms with Crippen molar-refractivity contribution in [2.24, 2.45) is 11.5 Å². The van der Waals surface area contributed by atoms with Gasteiger partial charge < -0.3 is 27.1 Å². The lowest BCUT2D eigenvalue weighted by molar-refractivity contribution is -0.117. The van der Waals surface area contributed by atoms with Crippen LogP contribution in [0.2, 0.25) is 0 Å². The molecular weight excluding hydrogens is 414 g/mol. The minimum atomic E-state index is -0.692. The minimum absolute atomic E-state index is 0.171. The Hall–Kier alpha value is -3.94. The summed E-state index contributed by atoms with van der Waals surface area (Å²) in [5.74, 6) is -0.428. The molecule has 33 heavy (non-hydrogen) atoms. The standard InChI is InChI=1S/C26H27N5O2/c27-11-12-29-25(32)19-7-3-5-17(13-19)18-6-4-8-21(14-18)31-26(33)23(28)15-20-16-30-24-10-2-1-9-22(20)24/h1-10,13-14,16,23,30H,11-12,15,27-28H2,(H,29,32)(H,31,33)/t23-/m0/s1. The van der Waals surface area contributed by atoms with Gasteiger partial charge >= 0.3 is 0 Å².